The van der Waals surface area contributed by atoms with Crippen LogP contribution in [-0.2, 0) is 6.42 Å². The van der Waals surface area contributed by atoms with Gasteiger partial charge in [-0.2, -0.15) is 15.7 Å². The minimum Gasteiger partial charge on any atom is -0.357 e. The first-order valence-corrected chi connectivity index (χ1v) is 11.1. The Hall–Kier alpha value is -0.940. The zero-order valence-electron chi connectivity index (χ0n) is 16.2. The van der Waals surface area contributed by atoms with E-state index in [9.17, 15) is 0 Å². The maximum absolute atomic E-state index is 4.90. The van der Waals surface area contributed by atoms with E-state index in [1.54, 1.807) is 11.3 Å². The van der Waals surface area contributed by atoms with Crippen LogP contribution < -0.4 is 10.2 Å². The first-order chi connectivity index (χ1) is 12.7. The van der Waals surface area contributed by atoms with Crippen LogP contribution in [0.15, 0.2) is 21.8 Å². The van der Waals surface area contributed by atoms with Crippen LogP contribution in [0.4, 0.5) is 5.13 Å². The number of nitrogens with one attached hydrogen (secondary N) is 1. The van der Waals surface area contributed by atoms with E-state index in [-0.39, 0.29) is 24.0 Å². The van der Waals surface area contributed by atoms with Gasteiger partial charge in [0.2, 0.25) is 5.13 Å². The van der Waals surface area contributed by atoms with Crippen molar-refractivity contribution in [3.05, 3.63) is 28.2 Å². The summed E-state index contributed by atoms with van der Waals surface area (Å²) < 4.78 is 4.41. The maximum Gasteiger partial charge on any atom is 0.205 e. The fourth-order valence-corrected chi connectivity index (χ4v) is 4.52. The quantitative estimate of drug-likeness (QED) is 0.358. The summed E-state index contributed by atoms with van der Waals surface area (Å²) in [7, 11) is 0. The van der Waals surface area contributed by atoms with Crippen molar-refractivity contribution in [2.75, 3.05) is 44.2 Å². The van der Waals surface area contributed by atoms with E-state index in [4.69, 9.17) is 4.99 Å². The van der Waals surface area contributed by atoms with E-state index in [1.165, 1.54) is 17.1 Å². The number of rotatable bonds is 6. The second-order valence-electron chi connectivity index (χ2n) is 6.47. The topological polar surface area (TPSA) is 56.7 Å². The van der Waals surface area contributed by atoms with Gasteiger partial charge in [-0.15, -0.1) is 24.0 Å². The summed E-state index contributed by atoms with van der Waals surface area (Å²) >= 11 is 3.27. The van der Waals surface area contributed by atoms with Crippen LogP contribution in [-0.4, -0.2) is 59.5 Å². The van der Waals surface area contributed by atoms with Crippen molar-refractivity contribution in [2.45, 2.75) is 33.1 Å². The molecule has 1 aliphatic rings. The van der Waals surface area contributed by atoms with Gasteiger partial charge in [0.1, 0.15) is 5.82 Å². The summed E-state index contributed by atoms with van der Waals surface area (Å²) in [6, 6.07) is 2.20. The number of hydrogen-bond donors (Lipinski definition) is 1. The number of guanidine groups is 1. The highest BCUT2D eigenvalue weighted by Gasteiger charge is 2.22. The Morgan fingerprint density at radius 3 is 2.67 bits per heavy atom. The van der Waals surface area contributed by atoms with Crippen molar-refractivity contribution in [1.82, 2.24) is 19.6 Å². The van der Waals surface area contributed by atoms with Crippen LogP contribution in [0.1, 0.15) is 38.1 Å². The smallest absolute Gasteiger partial charge is 0.205 e. The van der Waals surface area contributed by atoms with Gasteiger partial charge in [-0.05, 0) is 29.3 Å². The summed E-state index contributed by atoms with van der Waals surface area (Å²) in [4.78, 5) is 14.2. The lowest BCUT2D eigenvalue weighted by Gasteiger charge is -2.36. The van der Waals surface area contributed by atoms with Crippen LogP contribution in [0.25, 0.3) is 0 Å². The van der Waals surface area contributed by atoms with Gasteiger partial charge in [-0.1, -0.05) is 13.8 Å². The first-order valence-electron chi connectivity index (χ1n) is 9.34. The molecule has 0 saturated carbocycles. The number of aromatic nitrogens is 2. The lowest BCUT2D eigenvalue weighted by molar-refractivity contribution is 0.372. The van der Waals surface area contributed by atoms with Crippen molar-refractivity contribution < 1.29 is 0 Å². The van der Waals surface area contributed by atoms with Gasteiger partial charge in [0, 0.05) is 63.1 Å². The van der Waals surface area contributed by atoms with Crippen molar-refractivity contribution >= 4 is 57.9 Å². The molecule has 6 nitrogen and oxygen atoms in total. The predicted molar refractivity (Wildman–Crippen MR) is 127 cm³/mol. The summed E-state index contributed by atoms with van der Waals surface area (Å²) in [5.41, 5.74) is 1.38. The molecule has 0 spiro atoms. The lowest BCUT2D eigenvalue weighted by atomic mass is 10.1. The van der Waals surface area contributed by atoms with Crippen molar-refractivity contribution in [2.24, 2.45) is 4.99 Å². The molecular formula is C18H29IN6S2. The molecule has 3 rings (SSSR count). The van der Waals surface area contributed by atoms with E-state index in [1.807, 2.05) is 0 Å². The molecule has 0 bridgehead atoms. The summed E-state index contributed by atoms with van der Waals surface area (Å²) in [5.74, 6) is 2.43. The molecule has 1 aliphatic heterocycles. The average molecular weight is 521 g/mol. The molecule has 9 heteroatoms. The molecule has 1 saturated heterocycles. The number of hydrogen-bond acceptors (Lipinski definition) is 6. The summed E-state index contributed by atoms with van der Waals surface area (Å²) in [6.45, 7) is 12.0. The fourth-order valence-electron chi connectivity index (χ4n) is 2.94. The third kappa shape index (κ3) is 6.02. The number of aryl methyl sites for hydroxylation is 1. The third-order valence-corrected chi connectivity index (χ3v) is 6.10. The van der Waals surface area contributed by atoms with Gasteiger partial charge in [0.05, 0.1) is 0 Å². The summed E-state index contributed by atoms with van der Waals surface area (Å²) in [5, 5.41) is 8.86. The van der Waals surface area contributed by atoms with Crippen molar-refractivity contribution in [3.63, 3.8) is 0 Å². The highest BCUT2D eigenvalue weighted by Crippen LogP contribution is 2.20. The maximum atomic E-state index is 4.90. The van der Waals surface area contributed by atoms with E-state index in [0.717, 1.165) is 62.6 Å². The number of aliphatic imine (C=N–C) groups is 1. The van der Waals surface area contributed by atoms with E-state index >= 15 is 0 Å². The average Bonchev–Trinajstić information content (AvgIpc) is 3.37. The van der Waals surface area contributed by atoms with Gasteiger partial charge in [0.15, 0.2) is 5.96 Å². The molecule has 1 atom stereocenters. The Kier molecular flexibility index (Phi) is 9.24. The largest absolute Gasteiger partial charge is 0.357 e. The molecular weight excluding hydrogens is 491 g/mol. The third-order valence-electron chi connectivity index (χ3n) is 4.59. The number of piperazine rings is 1. The molecule has 0 aromatic carbocycles. The Morgan fingerprint density at radius 1 is 1.30 bits per heavy atom. The van der Waals surface area contributed by atoms with Gasteiger partial charge >= 0.3 is 0 Å². The van der Waals surface area contributed by atoms with Crippen LogP contribution in [0.3, 0.4) is 0 Å². The number of halogens is 1. The molecule has 27 heavy (non-hydrogen) atoms. The molecule has 0 amide bonds. The standard InChI is InChI=1S/C18H28N6S2.HI/c1-4-16-21-18(26-22-16)24-9-7-23(8-10-24)17(19-5-2)20-12-14(3)15-6-11-25-13-15;/h6,11,13-14H,4-5,7-10,12H2,1-3H3,(H,19,20);1H. The summed E-state index contributed by atoms with van der Waals surface area (Å²) in [6.07, 6.45) is 0.899. The number of nitrogens with zero attached hydrogens (tertiary/aromatic N) is 5. The SMILES string of the molecule is CCNC(=NCC(C)c1ccsc1)N1CCN(c2nc(CC)ns2)CC1.I. The highest BCUT2D eigenvalue weighted by atomic mass is 127. The molecule has 1 unspecified atom stereocenters. The molecule has 2 aromatic heterocycles. The monoisotopic (exact) mass is 520 g/mol. The minimum absolute atomic E-state index is 0. The fraction of sp³-hybridized carbons (Fsp3) is 0.611. The van der Waals surface area contributed by atoms with Crippen LogP contribution >= 0.6 is 46.8 Å². The molecule has 2 aromatic rings. The van der Waals surface area contributed by atoms with E-state index < -0.39 is 0 Å². The number of anilines is 1. The van der Waals surface area contributed by atoms with Gasteiger partial charge in [-0.3, -0.25) is 4.99 Å². The van der Waals surface area contributed by atoms with Crippen LogP contribution in [0.2, 0.25) is 0 Å². The highest BCUT2D eigenvalue weighted by molar-refractivity contribution is 14.0. The number of thiophene rings is 1. The van der Waals surface area contributed by atoms with Crippen molar-refractivity contribution in [3.8, 4) is 0 Å². The van der Waals surface area contributed by atoms with E-state index in [0.29, 0.717) is 5.92 Å². The Balaban J connectivity index is 0.00000261. The normalized spacial score (nSPS) is 16.2. The molecule has 0 aliphatic carbocycles. The lowest BCUT2D eigenvalue weighted by Crippen LogP contribution is -2.52. The molecule has 1 fully saturated rings. The Bertz CT molecular complexity index is 695. The molecule has 0 radical (unpaired) electrons. The minimum atomic E-state index is 0. The first kappa shape index (κ1) is 22.4. The van der Waals surface area contributed by atoms with Gasteiger partial charge < -0.3 is 15.1 Å². The molecule has 3 heterocycles. The zero-order valence-corrected chi connectivity index (χ0v) is 20.2. The molecule has 150 valence electrons. The molecule has 1 N–H and O–H groups in total. The predicted octanol–water partition coefficient (Wildman–Crippen LogP) is 3.67. The van der Waals surface area contributed by atoms with Crippen LogP contribution in [0, 0.1) is 0 Å². The second kappa shape index (κ2) is 11.2. The van der Waals surface area contributed by atoms with E-state index in [2.05, 4.69) is 62.1 Å². The van der Waals surface area contributed by atoms with Gasteiger partial charge in [-0.25, -0.2) is 4.98 Å². The van der Waals surface area contributed by atoms with Gasteiger partial charge in [0.25, 0.3) is 0 Å². The Labute approximate surface area is 187 Å². The second-order valence-corrected chi connectivity index (χ2v) is 7.98. The zero-order chi connectivity index (χ0) is 18.4. The Morgan fingerprint density at radius 2 is 2.07 bits per heavy atom. The van der Waals surface area contributed by atoms with Crippen LogP contribution in [0.5, 0.6) is 0 Å². The van der Waals surface area contributed by atoms with Crippen molar-refractivity contribution in [1.29, 1.82) is 0 Å².